The van der Waals surface area contributed by atoms with Crippen molar-refractivity contribution in [2.75, 3.05) is 0 Å². The second kappa shape index (κ2) is 5.13. The molecule has 0 radical (unpaired) electrons. The van der Waals surface area contributed by atoms with Crippen LogP contribution in [0, 0.1) is 0 Å². The molecule has 1 N–H and O–H groups in total. The van der Waals surface area contributed by atoms with Crippen molar-refractivity contribution in [3.8, 4) is 5.75 Å². The van der Waals surface area contributed by atoms with Crippen LogP contribution in [0.5, 0.6) is 5.75 Å². The highest BCUT2D eigenvalue weighted by atomic mass is 32.2. The number of sulfone groups is 1. The van der Waals surface area contributed by atoms with Gasteiger partial charge in [-0.15, -0.1) is 0 Å². The van der Waals surface area contributed by atoms with Crippen molar-refractivity contribution >= 4 is 20.7 Å². The largest absolute Gasteiger partial charge is 0.508 e. The van der Waals surface area contributed by atoms with E-state index in [0.29, 0.717) is 0 Å². The van der Waals surface area contributed by atoms with E-state index < -0.39 is 15.1 Å². The van der Waals surface area contributed by atoms with E-state index in [4.69, 9.17) is 0 Å². The predicted octanol–water partition coefficient (Wildman–Crippen LogP) is 3.25. The van der Waals surface area contributed by atoms with Crippen LogP contribution in [0.2, 0.25) is 0 Å². The zero-order chi connectivity index (χ0) is 15.1. The first-order chi connectivity index (χ1) is 9.22. The van der Waals surface area contributed by atoms with Crippen LogP contribution in [0.4, 0.5) is 0 Å². The summed E-state index contributed by atoms with van der Waals surface area (Å²) in [6, 6.07) is 5.27. The van der Waals surface area contributed by atoms with Crippen molar-refractivity contribution in [3.05, 3.63) is 30.0 Å². The quantitative estimate of drug-likeness (QED) is 0.942. The van der Waals surface area contributed by atoms with Gasteiger partial charge < -0.3 is 9.67 Å². The number of fused-ring (bicyclic) bond motifs is 1. The fourth-order valence-corrected chi connectivity index (χ4v) is 3.23. The van der Waals surface area contributed by atoms with Crippen LogP contribution in [-0.2, 0) is 15.6 Å². The highest BCUT2D eigenvalue weighted by molar-refractivity contribution is 7.91. The van der Waals surface area contributed by atoms with Crippen LogP contribution in [-0.4, -0.2) is 23.3 Å². The molecule has 0 unspecified atom stereocenters. The Morgan fingerprint density at radius 3 is 2.40 bits per heavy atom. The molecule has 20 heavy (non-hydrogen) atoms. The monoisotopic (exact) mass is 295 g/mol. The third-order valence-corrected chi connectivity index (χ3v) is 5.68. The average Bonchev–Trinajstić information content (AvgIpc) is 2.66. The maximum absolute atomic E-state index is 12.1. The van der Waals surface area contributed by atoms with Gasteiger partial charge in [0, 0.05) is 23.7 Å². The predicted molar refractivity (Wildman–Crippen MR) is 81.7 cm³/mol. The number of phenolic OH excluding ortho intramolecular Hbond substituents is 1. The smallest absolute Gasteiger partial charge is 0.156 e. The first kappa shape index (κ1) is 14.9. The summed E-state index contributed by atoms with van der Waals surface area (Å²) in [6.07, 6.45) is 1.88. The topological polar surface area (TPSA) is 59.3 Å². The van der Waals surface area contributed by atoms with Gasteiger partial charge >= 0.3 is 0 Å². The summed E-state index contributed by atoms with van der Waals surface area (Å²) in [5.41, 5.74) is 1.66. The van der Waals surface area contributed by atoms with Gasteiger partial charge in [-0.1, -0.05) is 0 Å². The van der Waals surface area contributed by atoms with E-state index in [-0.39, 0.29) is 17.5 Å². The van der Waals surface area contributed by atoms with E-state index in [0.717, 1.165) is 16.5 Å². The molecule has 0 spiro atoms. The maximum Gasteiger partial charge on any atom is 0.156 e. The molecule has 2 rings (SSSR count). The van der Waals surface area contributed by atoms with Crippen molar-refractivity contribution in [1.29, 1.82) is 0 Å². The average molecular weight is 295 g/mol. The number of aromatic nitrogens is 1. The van der Waals surface area contributed by atoms with Crippen LogP contribution >= 0.6 is 0 Å². The Morgan fingerprint density at radius 2 is 1.85 bits per heavy atom. The molecule has 0 saturated heterocycles. The van der Waals surface area contributed by atoms with Crippen molar-refractivity contribution in [2.45, 2.75) is 44.7 Å². The molecular formula is C15H21NO3S. The summed E-state index contributed by atoms with van der Waals surface area (Å²) in [7, 11) is -3.14. The number of phenols is 1. The van der Waals surface area contributed by atoms with Gasteiger partial charge in [-0.2, -0.15) is 0 Å². The van der Waals surface area contributed by atoms with Gasteiger partial charge in [0.15, 0.2) is 9.84 Å². The van der Waals surface area contributed by atoms with Crippen LogP contribution in [0.25, 0.3) is 10.9 Å². The van der Waals surface area contributed by atoms with Gasteiger partial charge in [0.25, 0.3) is 0 Å². The first-order valence-electron chi connectivity index (χ1n) is 6.76. The highest BCUT2D eigenvalue weighted by Crippen LogP contribution is 2.29. The van der Waals surface area contributed by atoms with Crippen molar-refractivity contribution in [1.82, 2.24) is 4.57 Å². The van der Waals surface area contributed by atoms with Gasteiger partial charge in [-0.05, 0) is 45.4 Å². The summed E-state index contributed by atoms with van der Waals surface area (Å²) in [5, 5.41) is 10.1. The molecule has 1 heterocycles. The maximum atomic E-state index is 12.1. The lowest BCUT2D eigenvalue weighted by Gasteiger charge is -2.09. The standard InChI is InChI=1S/C15H21NO3S/c1-10(2)16-8-12(9-20(18,19)11(3)4)14-6-5-13(17)7-15(14)16/h5-8,10-11,17H,9H2,1-4H3. The van der Waals surface area contributed by atoms with E-state index >= 15 is 0 Å². The molecule has 0 bridgehead atoms. The number of hydrogen-bond acceptors (Lipinski definition) is 3. The van der Waals surface area contributed by atoms with Crippen LogP contribution in [0.1, 0.15) is 39.3 Å². The van der Waals surface area contributed by atoms with Crippen LogP contribution < -0.4 is 0 Å². The Bertz CT molecular complexity index is 727. The minimum atomic E-state index is -3.14. The number of hydrogen-bond donors (Lipinski definition) is 1. The molecule has 0 fully saturated rings. The van der Waals surface area contributed by atoms with Crippen LogP contribution in [0.15, 0.2) is 24.4 Å². The zero-order valence-corrected chi connectivity index (χ0v) is 13.1. The van der Waals surface area contributed by atoms with Gasteiger partial charge in [0.05, 0.1) is 16.5 Å². The van der Waals surface area contributed by atoms with Crippen molar-refractivity contribution in [2.24, 2.45) is 0 Å². The third-order valence-electron chi connectivity index (χ3n) is 3.53. The summed E-state index contributed by atoms with van der Waals surface area (Å²) >= 11 is 0. The van der Waals surface area contributed by atoms with Gasteiger partial charge in [0.2, 0.25) is 0 Å². The minimum Gasteiger partial charge on any atom is -0.508 e. The summed E-state index contributed by atoms with van der Waals surface area (Å²) in [6.45, 7) is 7.46. The fraction of sp³-hybridized carbons (Fsp3) is 0.467. The van der Waals surface area contributed by atoms with E-state index in [9.17, 15) is 13.5 Å². The van der Waals surface area contributed by atoms with Gasteiger partial charge in [-0.3, -0.25) is 0 Å². The molecule has 110 valence electrons. The number of rotatable bonds is 4. The lowest BCUT2D eigenvalue weighted by Crippen LogP contribution is -2.15. The van der Waals surface area contributed by atoms with E-state index in [1.54, 1.807) is 32.0 Å². The normalized spacial score (nSPS) is 12.7. The molecule has 0 atom stereocenters. The Balaban J connectivity index is 2.61. The Morgan fingerprint density at radius 1 is 1.20 bits per heavy atom. The fourth-order valence-electron chi connectivity index (χ4n) is 2.24. The summed E-state index contributed by atoms with van der Waals surface area (Å²) in [5.74, 6) is 0.224. The number of benzene rings is 1. The number of aromatic hydroxyl groups is 1. The summed E-state index contributed by atoms with van der Waals surface area (Å²) in [4.78, 5) is 0. The Kier molecular flexibility index (Phi) is 3.82. The lowest BCUT2D eigenvalue weighted by molar-refractivity contribution is 0.475. The Labute approximate surface area is 120 Å². The molecule has 0 amide bonds. The molecule has 0 saturated carbocycles. The molecule has 0 aliphatic heterocycles. The van der Waals surface area contributed by atoms with Crippen LogP contribution in [0.3, 0.4) is 0 Å². The lowest BCUT2D eigenvalue weighted by atomic mass is 10.2. The molecular weight excluding hydrogens is 274 g/mol. The molecule has 0 aliphatic rings. The molecule has 5 heteroatoms. The second-order valence-electron chi connectivity index (χ2n) is 5.71. The van der Waals surface area contributed by atoms with E-state index in [1.807, 2.05) is 24.6 Å². The van der Waals surface area contributed by atoms with Gasteiger partial charge in [-0.25, -0.2) is 8.42 Å². The SMILES string of the molecule is CC(C)n1cc(CS(=O)(=O)C(C)C)c2ccc(O)cc21. The molecule has 0 aliphatic carbocycles. The second-order valence-corrected chi connectivity index (χ2v) is 8.27. The number of nitrogens with zero attached hydrogens (tertiary/aromatic N) is 1. The minimum absolute atomic E-state index is 0.0334. The van der Waals surface area contributed by atoms with E-state index in [2.05, 4.69) is 0 Å². The van der Waals surface area contributed by atoms with Gasteiger partial charge in [0.1, 0.15) is 5.75 Å². The zero-order valence-electron chi connectivity index (χ0n) is 12.3. The third kappa shape index (κ3) is 2.68. The summed E-state index contributed by atoms with van der Waals surface area (Å²) < 4.78 is 26.3. The highest BCUT2D eigenvalue weighted by Gasteiger charge is 2.20. The molecule has 1 aromatic carbocycles. The molecule has 4 nitrogen and oxygen atoms in total. The van der Waals surface area contributed by atoms with Crippen molar-refractivity contribution in [3.63, 3.8) is 0 Å². The first-order valence-corrected chi connectivity index (χ1v) is 8.48. The van der Waals surface area contributed by atoms with E-state index in [1.165, 1.54) is 0 Å². The Hall–Kier alpha value is -1.49. The van der Waals surface area contributed by atoms with Crippen molar-refractivity contribution < 1.29 is 13.5 Å². The molecule has 1 aromatic heterocycles. The molecule has 2 aromatic rings.